The lowest BCUT2D eigenvalue weighted by atomic mass is 9.94. The molecule has 0 saturated carbocycles. The fourth-order valence-corrected chi connectivity index (χ4v) is 4.62. The monoisotopic (exact) mass is 392 g/mol. The van der Waals surface area contributed by atoms with E-state index in [-0.39, 0.29) is 0 Å². The van der Waals surface area contributed by atoms with Crippen molar-refractivity contribution in [2.45, 2.75) is 25.9 Å². The minimum absolute atomic E-state index is 0.385. The zero-order valence-electron chi connectivity index (χ0n) is 17.5. The summed E-state index contributed by atoms with van der Waals surface area (Å²) in [5, 5.41) is 1.31. The molecule has 0 radical (unpaired) electrons. The van der Waals surface area contributed by atoms with Gasteiger partial charge in [-0.15, -0.1) is 0 Å². The van der Waals surface area contributed by atoms with E-state index in [9.17, 15) is 0 Å². The maximum Gasteiger partial charge on any atom is 0.110 e. The molecule has 0 amide bonds. The predicted octanol–water partition coefficient (Wildman–Crippen LogP) is 6.31. The number of nitrogens with zero attached hydrogens (tertiary/aromatic N) is 2. The molecule has 1 aliphatic rings. The van der Waals surface area contributed by atoms with E-state index in [1.165, 1.54) is 27.8 Å². The molecule has 30 heavy (non-hydrogen) atoms. The van der Waals surface area contributed by atoms with Crippen LogP contribution in [0.25, 0.3) is 10.9 Å². The van der Waals surface area contributed by atoms with Gasteiger partial charge in [-0.2, -0.15) is 0 Å². The van der Waals surface area contributed by atoms with Gasteiger partial charge in [0, 0.05) is 24.5 Å². The summed E-state index contributed by atoms with van der Waals surface area (Å²) < 4.78 is 2.49. The van der Waals surface area contributed by atoms with E-state index in [4.69, 9.17) is 0 Å². The fraction of sp³-hybridized carbons (Fsp3) is 0.214. The number of para-hydroxylation sites is 1. The van der Waals surface area contributed by atoms with Crippen LogP contribution in [0.3, 0.4) is 0 Å². The predicted molar refractivity (Wildman–Crippen MR) is 127 cm³/mol. The zero-order chi connectivity index (χ0) is 20.3. The maximum absolute atomic E-state index is 2.58. The molecule has 4 aromatic rings. The van der Waals surface area contributed by atoms with Crippen LogP contribution in [0.2, 0.25) is 0 Å². The number of benzene rings is 3. The van der Waals surface area contributed by atoms with Gasteiger partial charge in [-0.05, 0) is 42.5 Å². The number of fused-ring (bicyclic) bond motifs is 1. The van der Waals surface area contributed by atoms with Crippen LogP contribution in [-0.4, -0.2) is 17.2 Å². The molecule has 0 spiro atoms. The molecule has 150 valence electrons. The minimum Gasteiger partial charge on any atom is -0.351 e. The van der Waals surface area contributed by atoms with E-state index in [1.54, 1.807) is 0 Å². The van der Waals surface area contributed by atoms with Crippen molar-refractivity contribution in [3.05, 3.63) is 114 Å². The SMILES string of the molecule is CC1C=CC(Cc2ccccc2)CN1c1cc2ccccc2n1Cc1ccccc1. The average molecular weight is 393 g/mol. The second-order valence-electron chi connectivity index (χ2n) is 8.36. The summed E-state index contributed by atoms with van der Waals surface area (Å²) in [5.41, 5.74) is 4.05. The van der Waals surface area contributed by atoms with Crippen LogP contribution in [0, 0.1) is 5.92 Å². The number of aromatic nitrogens is 1. The van der Waals surface area contributed by atoms with Crippen molar-refractivity contribution < 1.29 is 0 Å². The molecule has 1 aromatic heterocycles. The number of hydrogen-bond acceptors (Lipinski definition) is 1. The highest BCUT2D eigenvalue weighted by Gasteiger charge is 2.25. The van der Waals surface area contributed by atoms with Gasteiger partial charge in [-0.25, -0.2) is 0 Å². The first-order valence-corrected chi connectivity index (χ1v) is 10.9. The van der Waals surface area contributed by atoms with Crippen LogP contribution in [-0.2, 0) is 13.0 Å². The first kappa shape index (κ1) is 18.7. The Morgan fingerprint density at radius 1 is 0.767 bits per heavy atom. The molecule has 2 heteroatoms. The summed E-state index contributed by atoms with van der Waals surface area (Å²) in [5.74, 6) is 1.83. The Labute approximate surface area is 179 Å². The normalized spacial score (nSPS) is 18.8. The molecule has 0 N–H and O–H groups in total. The summed E-state index contributed by atoms with van der Waals surface area (Å²) in [4.78, 5) is 2.58. The molecular formula is C28H28N2. The van der Waals surface area contributed by atoms with Gasteiger partial charge in [0.1, 0.15) is 5.82 Å². The van der Waals surface area contributed by atoms with Crippen LogP contribution in [0.15, 0.2) is 103 Å². The van der Waals surface area contributed by atoms with Gasteiger partial charge in [-0.3, -0.25) is 0 Å². The minimum atomic E-state index is 0.385. The summed E-state index contributed by atoms with van der Waals surface area (Å²) in [6.45, 7) is 4.23. The Kier molecular flexibility index (Phi) is 5.15. The van der Waals surface area contributed by atoms with Crippen molar-refractivity contribution in [3.63, 3.8) is 0 Å². The van der Waals surface area contributed by atoms with Crippen LogP contribution < -0.4 is 4.90 Å². The van der Waals surface area contributed by atoms with E-state index in [1.807, 2.05) is 0 Å². The van der Waals surface area contributed by atoms with E-state index in [2.05, 4.69) is 120 Å². The first-order valence-electron chi connectivity index (χ1n) is 10.9. The Bertz CT molecular complexity index is 1140. The molecule has 2 nitrogen and oxygen atoms in total. The van der Waals surface area contributed by atoms with Gasteiger partial charge >= 0.3 is 0 Å². The van der Waals surface area contributed by atoms with Crippen LogP contribution in [0.4, 0.5) is 5.82 Å². The molecule has 2 unspecified atom stereocenters. The lowest BCUT2D eigenvalue weighted by molar-refractivity contribution is 0.549. The van der Waals surface area contributed by atoms with Crippen molar-refractivity contribution in [1.29, 1.82) is 0 Å². The molecule has 0 fully saturated rings. The Hall–Kier alpha value is -3.26. The van der Waals surface area contributed by atoms with Crippen molar-refractivity contribution in [2.75, 3.05) is 11.4 Å². The fourth-order valence-electron chi connectivity index (χ4n) is 4.62. The molecular weight excluding hydrogens is 364 g/mol. The highest BCUT2D eigenvalue weighted by atomic mass is 15.3. The maximum atomic E-state index is 2.58. The van der Waals surface area contributed by atoms with Gasteiger partial charge in [-0.1, -0.05) is 91.0 Å². The lowest BCUT2D eigenvalue weighted by Crippen LogP contribution is -2.40. The standard InChI is InChI=1S/C28H28N2/c1-22-16-17-25(18-23-10-4-2-5-11-23)21-29(22)28-19-26-14-8-9-15-27(26)30(28)20-24-12-6-3-7-13-24/h2-17,19,22,25H,18,20-21H2,1H3. The summed E-state index contributed by atoms with van der Waals surface area (Å²) >= 11 is 0. The second-order valence-corrected chi connectivity index (χ2v) is 8.36. The number of hydrogen-bond donors (Lipinski definition) is 0. The number of rotatable bonds is 5. The Morgan fingerprint density at radius 3 is 2.20 bits per heavy atom. The second kappa shape index (κ2) is 8.23. The van der Waals surface area contributed by atoms with E-state index in [0.717, 1.165) is 19.5 Å². The topological polar surface area (TPSA) is 8.17 Å². The third-order valence-corrected chi connectivity index (χ3v) is 6.19. The van der Waals surface area contributed by atoms with Gasteiger partial charge in [0.25, 0.3) is 0 Å². The largest absolute Gasteiger partial charge is 0.351 e. The smallest absolute Gasteiger partial charge is 0.110 e. The van der Waals surface area contributed by atoms with Crippen molar-refractivity contribution >= 4 is 16.7 Å². The summed E-state index contributed by atoms with van der Waals surface area (Å²) in [6, 6.07) is 33.1. The molecule has 0 saturated heterocycles. The van der Waals surface area contributed by atoms with E-state index in [0.29, 0.717) is 12.0 Å². The molecule has 2 heterocycles. The Morgan fingerprint density at radius 2 is 1.43 bits per heavy atom. The average Bonchev–Trinajstić information content (AvgIpc) is 3.15. The van der Waals surface area contributed by atoms with Gasteiger partial charge < -0.3 is 9.47 Å². The summed E-state index contributed by atoms with van der Waals surface area (Å²) in [6.07, 6.45) is 5.87. The highest BCUT2D eigenvalue weighted by Crippen LogP contribution is 2.32. The molecule has 5 rings (SSSR count). The van der Waals surface area contributed by atoms with E-state index < -0.39 is 0 Å². The highest BCUT2D eigenvalue weighted by molar-refractivity contribution is 5.85. The number of anilines is 1. The molecule has 2 atom stereocenters. The van der Waals surface area contributed by atoms with Crippen molar-refractivity contribution in [1.82, 2.24) is 4.57 Å². The lowest BCUT2D eigenvalue weighted by Gasteiger charge is -2.36. The molecule has 1 aliphatic heterocycles. The van der Waals surface area contributed by atoms with Crippen LogP contribution >= 0.6 is 0 Å². The van der Waals surface area contributed by atoms with Gasteiger partial charge in [0.15, 0.2) is 0 Å². The molecule has 0 bridgehead atoms. The van der Waals surface area contributed by atoms with E-state index >= 15 is 0 Å². The zero-order valence-corrected chi connectivity index (χ0v) is 17.5. The van der Waals surface area contributed by atoms with Gasteiger partial charge in [0.05, 0.1) is 5.52 Å². The first-order chi connectivity index (χ1) is 14.8. The van der Waals surface area contributed by atoms with Crippen molar-refractivity contribution in [3.8, 4) is 0 Å². The van der Waals surface area contributed by atoms with Crippen LogP contribution in [0.1, 0.15) is 18.1 Å². The quantitative estimate of drug-likeness (QED) is 0.361. The Balaban J connectivity index is 1.50. The molecule has 3 aromatic carbocycles. The van der Waals surface area contributed by atoms with Crippen molar-refractivity contribution in [2.24, 2.45) is 5.92 Å². The van der Waals surface area contributed by atoms with Crippen LogP contribution in [0.5, 0.6) is 0 Å². The summed E-state index contributed by atoms with van der Waals surface area (Å²) in [7, 11) is 0. The third kappa shape index (κ3) is 3.78. The molecule has 0 aliphatic carbocycles. The third-order valence-electron chi connectivity index (χ3n) is 6.19. The van der Waals surface area contributed by atoms with Gasteiger partial charge in [0.2, 0.25) is 0 Å².